The zero-order valence-corrected chi connectivity index (χ0v) is 15.2. The number of nitrogens with one attached hydrogen (secondary N) is 1. The van der Waals surface area contributed by atoms with Crippen LogP contribution < -0.4 is 28.3 Å². The van der Waals surface area contributed by atoms with Crippen LogP contribution >= 0.6 is 0 Å². The monoisotopic (exact) mass is 350 g/mol. The van der Waals surface area contributed by atoms with Crippen molar-refractivity contribution in [1.82, 2.24) is 10.3 Å². The molecule has 140 valence electrons. The molecule has 1 aromatic heterocycles. The highest BCUT2D eigenvalue weighted by Gasteiger charge is 2.05. The molecule has 0 radical (unpaired) electrons. The first kappa shape index (κ1) is 24.3. The van der Waals surface area contributed by atoms with Crippen LogP contribution in [0.5, 0.6) is 0 Å². The van der Waals surface area contributed by atoms with Crippen molar-refractivity contribution >= 4 is 23.3 Å². The summed E-state index contributed by atoms with van der Waals surface area (Å²) >= 11 is 0. The number of carbonyl (C=O) groups excluding carboxylic acids is 1. The number of esters is 1. The number of hydrogen-bond acceptors (Lipinski definition) is 8. The highest BCUT2D eigenvalue weighted by Crippen LogP contribution is 2.11. The molecule has 0 aliphatic heterocycles. The molecular weight excluding hydrogens is 320 g/mol. The molecule has 0 atom stereocenters. The van der Waals surface area contributed by atoms with Gasteiger partial charge in [0, 0.05) is 6.42 Å². The van der Waals surface area contributed by atoms with E-state index in [0.29, 0.717) is 23.6 Å². The maximum absolute atomic E-state index is 11.0. The third-order valence-electron chi connectivity index (χ3n) is 2.35. The molecule has 1 aromatic rings. The Morgan fingerprint density at radius 2 is 1.80 bits per heavy atom. The van der Waals surface area contributed by atoms with Crippen LogP contribution in [-0.4, -0.2) is 25.0 Å². The number of hydrogen-bond donors (Lipinski definition) is 5. The Morgan fingerprint density at radius 3 is 2.16 bits per heavy atom. The van der Waals surface area contributed by atoms with Gasteiger partial charge in [-0.05, 0) is 44.8 Å². The zero-order valence-electron chi connectivity index (χ0n) is 15.2. The molecular formula is C17H30N6O2. The van der Waals surface area contributed by atoms with Gasteiger partial charge in [0.15, 0.2) is 5.76 Å². The molecule has 9 N–H and O–H groups in total. The minimum absolute atomic E-state index is 0.272. The zero-order chi connectivity index (χ0) is 19.8. The predicted molar refractivity (Wildman–Crippen MR) is 105 cm³/mol. The van der Waals surface area contributed by atoms with Crippen LogP contribution in [0.2, 0.25) is 0 Å². The second-order valence-electron chi connectivity index (χ2n) is 4.66. The van der Waals surface area contributed by atoms with Crippen molar-refractivity contribution < 1.29 is 9.53 Å². The Morgan fingerprint density at radius 1 is 1.24 bits per heavy atom. The highest BCUT2D eigenvalue weighted by molar-refractivity contribution is 5.71. The summed E-state index contributed by atoms with van der Waals surface area (Å²) in [6.07, 6.45) is 3.93. The van der Waals surface area contributed by atoms with Crippen LogP contribution in [0.3, 0.4) is 0 Å². The molecule has 0 saturated heterocycles. The fourth-order valence-electron chi connectivity index (χ4n) is 1.20. The van der Waals surface area contributed by atoms with Crippen LogP contribution in [0, 0.1) is 0 Å². The first-order valence-electron chi connectivity index (χ1n) is 7.58. The molecule has 0 saturated carbocycles. The fourth-order valence-corrected chi connectivity index (χ4v) is 1.20. The van der Waals surface area contributed by atoms with E-state index >= 15 is 0 Å². The van der Waals surface area contributed by atoms with E-state index in [-0.39, 0.29) is 17.5 Å². The molecule has 0 aliphatic rings. The van der Waals surface area contributed by atoms with Gasteiger partial charge in [-0.3, -0.25) is 4.79 Å². The standard InChI is InChI=1S/C10H15NO2.C5H8N4.C2H7N/c1-4-7-10(12)13-9(6-3)8(11)5-2;6-3-1-2-4(7)9-5(3)8;1-3-2/h5-6H,2-4,7,11H2,1H3;1-2H,6H2,(H4,7,8,9);3H,1-2H3/b9-8-;;. The van der Waals surface area contributed by atoms with E-state index in [1.54, 1.807) is 12.1 Å². The summed E-state index contributed by atoms with van der Waals surface area (Å²) in [4.78, 5) is 14.7. The number of anilines is 3. The van der Waals surface area contributed by atoms with Crippen LogP contribution in [0.15, 0.2) is 48.9 Å². The third-order valence-corrected chi connectivity index (χ3v) is 2.35. The summed E-state index contributed by atoms with van der Waals surface area (Å²) in [6, 6.07) is 3.23. The van der Waals surface area contributed by atoms with Crippen molar-refractivity contribution in [1.29, 1.82) is 0 Å². The van der Waals surface area contributed by atoms with E-state index in [9.17, 15) is 4.79 Å². The number of carbonyl (C=O) groups is 1. The van der Waals surface area contributed by atoms with Crippen molar-refractivity contribution in [2.45, 2.75) is 19.8 Å². The van der Waals surface area contributed by atoms with Crippen molar-refractivity contribution in [3.8, 4) is 0 Å². The molecule has 25 heavy (non-hydrogen) atoms. The van der Waals surface area contributed by atoms with Gasteiger partial charge in [0.25, 0.3) is 0 Å². The Balaban J connectivity index is 0. The number of nitrogens with zero attached hydrogens (tertiary/aromatic N) is 1. The average molecular weight is 350 g/mol. The second kappa shape index (κ2) is 14.6. The van der Waals surface area contributed by atoms with E-state index in [2.05, 4.69) is 23.5 Å². The van der Waals surface area contributed by atoms with Crippen LogP contribution in [0.4, 0.5) is 17.3 Å². The summed E-state index contributed by atoms with van der Waals surface area (Å²) in [5, 5.41) is 2.75. The fraction of sp³-hybridized carbons (Fsp3) is 0.294. The lowest BCUT2D eigenvalue weighted by Crippen LogP contribution is -2.07. The van der Waals surface area contributed by atoms with Crippen LogP contribution in [-0.2, 0) is 9.53 Å². The number of nitrogens with two attached hydrogens (primary N) is 4. The van der Waals surface area contributed by atoms with Crippen molar-refractivity contribution in [3.05, 3.63) is 48.9 Å². The Bertz CT molecular complexity index is 585. The van der Waals surface area contributed by atoms with E-state index < -0.39 is 0 Å². The summed E-state index contributed by atoms with van der Waals surface area (Å²) in [7, 11) is 3.75. The lowest BCUT2D eigenvalue weighted by atomic mass is 10.3. The first-order chi connectivity index (χ1) is 11.8. The van der Waals surface area contributed by atoms with E-state index in [1.807, 2.05) is 21.0 Å². The van der Waals surface area contributed by atoms with Crippen molar-refractivity contribution in [2.75, 3.05) is 31.3 Å². The Labute approximate surface area is 149 Å². The predicted octanol–water partition coefficient (Wildman–Crippen LogP) is 1.54. The molecule has 0 spiro atoms. The smallest absolute Gasteiger partial charge is 0.311 e. The van der Waals surface area contributed by atoms with Crippen LogP contribution in [0.1, 0.15) is 19.8 Å². The number of rotatable bonds is 5. The van der Waals surface area contributed by atoms with Crippen LogP contribution in [0.25, 0.3) is 0 Å². The molecule has 0 unspecified atom stereocenters. The van der Waals surface area contributed by atoms with E-state index in [4.69, 9.17) is 27.7 Å². The lowest BCUT2D eigenvalue weighted by molar-refractivity contribution is -0.139. The number of allylic oxidation sites excluding steroid dienone is 2. The van der Waals surface area contributed by atoms with Gasteiger partial charge in [-0.1, -0.05) is 20.1 Å². The largest absolute Gasteiger partial charge is 0.424 e. The minimum Gasteiger partial charge on any atom is -0.424 e. The number of nitrogen functional groups attached to an aromatic ring is 3. The van der Waals surface area contributed by atoms with Crippen molar-refractivity contribution in [2.24, 2.45) is 5.73 Å². The molecule has 0 bridgehead atoms. The topological polar surface area (TPSA) is 155 Å². The van der Waals surface area contributed by atoms with Gasteiger partial charge in [-0.2, -0.15) is 0 Å². The first-order valence-corrected chi connectivity index (χ1v) is 7.58. The van der Waals surface area contributed by atoms with Gasteiger partial charge in [0.05, 0.1) is 11.4 Å². The molecule has 1 rings (SSSR count). The normalized spacial score (nSPS) is 10.0. The minimum atomic E-state index is -0.304. The van der Waals surface area contributed by atoms with Crippen molar-refractivity contribution in [3.63, 3.8) is 0 Å². The average Bonchev–Trinajstić information content (AvgIpc) is 2.57. The van der Waals surface area contributed by atoms with E-state index in [0.717, 1.165) is 6.42 Å². The molecule has 1 heterocycles. The number of ether oxygens (including phenoxy) is 1. The Hall–Kier alpha value is -3.00. The van der Waals surface area contributed by atoms with E-state index in [1.165, 1.54) is 12.2 Å². The highest BCUT2D eigenvalue weighted by atomic mass is 16.5. The Kier molecular flexibility index (Phi) is 14.1. The number of aromatic nitrogens is 1. The summed E-state index contributed by atoms with van der Waals surface area (Å²) in [5.74, 6) is 0.646. The molecule has 0 fully saturated rings. The maximum Gasteiger partial charge on any atom is 0.311 e. The summed E-state index contributed by atoms with van der Waals surface area (Å²) in [6.45, 7) is 8.84. The molecule has 0 aliphatic carbocycles. The molecule has 0 aromatic carbocycles. The molecule has 8 heteroatoms. The quantitative estimate of drug-likeness (QED) is 0.304. The van der Waals surface area contributed by atoms with Gasteiger partial charge in [-0.25, -0.2) is 4.98 Å². The molecule has 0 amide bonds. The second-order valence-corrected chi connectivity index (χ2v) is 4.66. The summed E-state index contributed by atoms with van der Waals surface area (Å²) < 4.78 is 4.92. The number of pyridine rings is 1. The van der Waals surface area contributed by atoms with Gasteiger partial charge in [0.2, 0.25) is 0 Å². The summed E-state index contributed by atoms with van der Waals surface area (Å²) in [5.41, 5.74) is 22.2. The third kappa shape index (κ3) is 12.1. The maximum atomic E-state index is 11.0. The van der Waals surface area contributed by atoms with Gasteiger partial charge >= 0.3 is 5.97 Å². The van der Waals surface area contributed by atoms with Gasteiger partial charge < -0.3 is 33.0 Å². The van der Waals surface area contributed by atoms with Gasteiger partial charge in [0.1, 0.15) is 11.6 Å². The van der Waals surface area contributed by atoms with Gasteiger partial charge in [-0.15, -0.1) is 0 Å². The lowest BCUT2D eigenvalue weighted by Gasteiger charge is -2.05. The molecule has 8 nitrogen and oxygen atoms in total. The SMILES string of the molecule is C=C/C(N)=C(\C=C)OC(=O)CCC.CNC.Nc1ccc(N)c(N)n1.